The average molecular weight is 448 g/mol. The Morgan fingerprint density at radius 1 is 1.20 bits per heavy atom. The minimum Gasteiger partial charge on any atom is -0.369 e. The molecule has 0 radical (unpaired) electrons. The number of piperidine rings is 1. The SMILES string of the molecule is CC(Cc1ccc(Cl)cc1Cl)C(=O)Nc1ccccc1CN1CCCC(C(N)=O)C1. The quantitative estimate of drug-likeness (QED) is 0.655. The Balaban J connectivity index is 1.65. The van der Waals surface area contributed by atoms with E-state index in [9.17, 15) is 9.59 Å². The van der Waals surface area contributed by atoms with Crippen molar-refractivity contribution < 1.29 is 9.59 Å². The molecule has 1 aliphatic heterocycles. The summed E-state index contributed by atoms with van der Waals surface area (Å²) in [7, 11) is 0. The van der Waals surface area contributed by atoms with E-state index in [1.165, 1.54) is 0 Å². The molecule has 0 aromatic heterocycles. The highest BCUT2D eigenvalue weighted by Gasteiger charge is 2.24. The molecule has 0 saturated carbocycles. The molecule has 2 amide bonds. The van der Waals surface area contributed by atoms with Gasteiger partial charge in [-0.15, -0.1) is 0 Å². The van der Waals surface area contributed by atoms with Crippen LogP contribution in [0.25, 0.3) is 0 Å². The number of nitrogens with one attached hydrogen (secondary N) is 1. The van der Waals surface area contributed by atoms with Crippen LogP contribution in [0, 0.1) is 11.8 Å². The molecule has 0 aliphatic carbocycles. The molecule has 30 heavy (non-hydrogen) atoms. The molecule has 5 nitrogen and oxygen atoms in total. The first-order valence-corrected chi connectivity index (χ1v) is 10.9. The second kappa shape index (κ2) is 10.3. The van der Waals surface area contributed by atoms with Crippen molar-refractivity contribution in [1.82, 2.24) is 4.90 Å². The Morgan fingerprint density at radius 3 is 2.70 bits per heavy atom. The first-order valence-electron chi connectivity index (χ1n) is 10.2. The average Bonchev–Trinajstić information content (AvgIpc) is 2.71. The number of rotatable bonds is 7. The van der Waals surface area contributed by atoms with Gasteiger partial charge in [-0.05, 0) is 55.1 Å². The molecule has 0 bridgehead atoms. The molecule has 2 aromatic carbocycles. The van der Waals surface area contributed by atoms with E-state index in [0.29, 0.717) is 29.6 Å². The number of anilines is 1. The van der Waals surface area contributed by atoms with Crippen LogP contribution in [-0.4, -0.2) is 29.8 Å². The first-order chi connectivity index (χ1) is 14.3. The van der Waals surface area contributed by atoms with E-state index in [-0.39, 0.29) is 23.7 Å². The topological polar surface area (TPSA) is 75.4 Å². The van der Waals surface area contributed by atoms with Crippen molar-refractivity contribution >= 4 is 40.7 Å². The van der Waals surface area contributed by atoms with Crippen molar-refractivity contribution in [3.05, 3.63) is 63.6 Å². The third-order valence-electron chi connectivity index (χ3n) is 5.57. The number of benzene rings is 2. The van der Waals surface area contributed by atoms with Crippen LogP contribution < -0.4 is 11.1 Å². The lowest BCUT2D eigenvalue weighted by Crippen LogP contribution is -2.40. The zero-order chi connectivity index (χ0) is 21.7. The molecule has 1 saturated heterocycles. The predicted molar refractivity (Wildman–Crippen MR) is 122 cm³/mol. The number of likely N-dealkylation sites (tertiary alicyclic amines) is 1. The van der Waals surface area contributed by atoms with Gasteiger partial charge in [0, 0.05) is 34.7 Å². The van der Waals surface area contributed by atoms with Gasteiger partial charge in [0.2, 0.25) is 11.8 Å². The maximum Gasteiger partial charge on any atom is 0.227 e. The summed E-state index contributed by atoms with van der Waals surface area (Å²) in [5.41, 5.74) is 8.20. The Morgan fingerprint density at radius 2 is 1.97 bits per heavy atom. The maximum absolute atomic E-state index is 12.8. The Labute approximate surface area is 187 Å². The maximum atomic E-state index is 12.8. The molecule has 2 unspecified atom stereocenters. The third kappa shape index (κ3) is 5.97. The monoisotopic (exact) mass is 447 g/mol. The number of carbonyl (C=O) groups is 2. The number of primary amides is 1. The summed E-state index contributed by atoms with van der Waals surface area (Å²) in [6.07, 6.45) is 2.31. The molecule has 2 atom stereocenters. The van der Waals surface area contributed by atoms with Gasteiger partial charge in [-0.2, -0.15) is 0 Å². The van der Waals surface area contributed by atoms with Gasteiger partial charge in [0.25, 0.3) is 0 Å². The summed E-state index contributed by atoms with van der Waals surface area (Å²) in [6, 6.07) is 13.1. The van der Waals surface area contributed by atoms with Gasteiger partial charge < -0.3 is 11.1 Å². The standard InChI is InChI=1S/C23H27Cl2N3O2/c1-15(11-16-8-9-19(24)12-20(16)25)23(30)27-21-7-3-2-5-17(21)13-28-10-4-6-18(14-28)22(26)29/h2-3,5,7-9,12,15,18H,4,6,10-11,13-14H2,1H3,(H2,26,29)(H,27,30). The third-order valence-corrected chi connectivity index (χ3v) is 6.15. The molecule has 160 valence electrons. The number of carbonyl (C=O) groups excluding carboxylic acids is 2. The van der Waals surface area contributed by atoms with Crippen LogP contribution in [-0.2, 0) is 22.6 Å². The summed E-state index contributed by atoms with van der Waals surface area (Å²) in [5.74, 6) is -0.672. The molecular weight excluding hydrogens is 421 g/mol. The highest BCUT2D eigenvalue weighted by atomic mass is 35.5. The summed E-state index contributed by atoms with van der Waals surface area (Å²) >= 11 is 12.2. The van der Waals surface area contributed by atoms with Crippen LogP contribution in [0.3, 0.4) is 0 Å². The zero-order valence-corrected chi connectivity index (χ0v) is 18.5. The lowest BCUT2D eigenvalue weighted by Gasteiger charge is -2.31. The largest absolute Gasteiger partial charge is 0.369 e. The van der Waals surface area contributed by atoms with Gasteiger partial charge in [-0.1, -0.05) is 54.4 Å². The number of hydrogen-bond donors (Lipinski definition) is 2. The molecular formula is C23H27Cl2N3O2. The van der Waals surface area contributed by atoms with E-state index in [0.717, 1.165) is 36.2 Å². The van der Waals surface area contributed by atoms with E-state index < -0.39 is 0 Å². The second-order valence-corrected chi connectivity index (χ2v) is 8.81. The second-order valence-electron chi connectivity index (χ2n) is 7.96. The van der Waals surface area contributed by atoms with Crippen LogP contribution in [0.4, 0.5) is 5.69 Å². The number of nitrogens with zero attached hydrogens (tertiary/aromatic N) is 1. The van der Waals surface area contributed by atoms with Gasteiger partial charge in [-0.25, -0.2) is 0 Å². The van der Waals surface area contributed by atoms with Crippen LogP contribution in [0.15, 0.2) is 42.5 Å². The number of para-hydroxylation sites is 1. The van der Waals surface area contributed by atoms with Gasteiger partial charge in [-0.3, -0.25) is 14.5 Å². The predicted octanol–water partition coefficient (Wildman–Crippen LogP) is 4.51. The molecule has 1 fully saturated rings. The summed E-state index contributed by atoms with van der Waals surface area (Å²) in [5, 5.41) is 4.20. The van der Waals surface area contributed by atoms with Crippen molar-refractivity contribution in [2.45, 2.75) is 32.7 Å². The highest BCUT2D eigenvalue weighted by Crippen LogP contribution is 2.25. The fourth-order valence-corrected chi connectivity index (χ4v) is 4.30. The fraction of sp³-hybridized carbons (Fsp3) is 0.391. The van der Waals surface area contributed by atoms with Crippen molar-refractivity contribution in [2.75, 3.05) is 18.4 Å². The minimum atomic E-state index is -0.258. The lowest BCUT2D eigenvalue weighted by atomic mass is 9.97. The van der Waals surface area contributed by atoms with Crippen LogP contribution in [0.5, 0.6) is 0 Å². The van der Waals surface area contributed by atoms with Crippen LogP contribution in [0.2, 0.25) is 10.0 Å². The van der Waals surface area contributed by atoms with Crippen molar-refractivity contribution in [3.8, 4) is 0 Å². The van der Waals surface area contributed by atoms with E-state index in [1.807, 2.05) is 37.3 Å². The molecule has 1 heterocycles. The Bertz CT molecular complexity index is 919. The zero-order valence-electron chi connectivity index (χ0n) is 17.0. The molecule has 1 aliphatic rings. The molecule has 2 aromatic rings. The normalized spacial score (nSPS) is 18.0. The Hall–Kier alpha value is -2.08. The number of amides is 2. The van der Waals surface area contributed by atoms with Crippen molar-refractivity contribution in [2.24, 2.45) is 17.6 Å². The van der Waals surface area contributed by atoms with Gasteiger partial charge in [0.1, 0.15) is 0 Å². The summed E-state index contributed by atoms with van der Waals surface area (Å²) < 4.78 is 0. The van der Waals surface area contributed by atoms with Crippen LogP contribution >= 0.6 is 23.2 Å². The summed E-state index contributed by atoms with van der Waals surface area (Å²) in [6.45, 7) is 4.11. The smallest absolute Gasteiger partial charge is 0.227 e. The van der Waals surface area contributed by atoms with Gasteiger partial charge in [0.05, 0.1) is 5.92 Å². The summed E-state index contributed by atoms with van der Waals surface area (Å²) in [4.78, 5) is 26.6. The molecule has 3 N–H and O–H groups in total. The Kier molecular flexibility index (Phi) is 7.75. The van der Waals surface area contributed by atoms with Gasteiger partial charge >= 0.3 is 0 Å². The van der Waals surface area contributed by atoms with Crippen molar-refractivity contribution in [1.29, 1.82) is 0 Å². The molecule has 3 rings (SSSR count). The first kappa shape index (κ1) is 22.6. The van der Waals surface area contributed by atoms with E-state index in [1.54, 1.807) is 12.1 Å². The molecule has 0 spiro atoms. The number of nitrogens with two attached hydrogens (primary N) is 1. The van der Waals surface area contributed by atoms with E-state index in [2.05, 4.69) is 10.2 Å². The van der Waals surface area contributed by atoms with E-state index >= 15 is 0 Å². The van der Waals surface area contributed by atoms with Gasteiger partial charge in [0.15, 0.2) is 0 Å². The fourth-order valence-electron chi connectivity index (χ4n) is 3.82. The van der Waals surface area contributed by atoms with Crippen molar-refractivity contribution in [3.63, 3.8) is 0 Å². The minimum absolute atomic E-state index is 0.0675. The number of halogens is 2. The highest BCUT2D eigenvalue weighted by molar-refractivity contribution is 6.35. The molecule has 7 heteroatoms. The lowest BCUT2D eigenvalue weighted by molar-refractivity contribution is -0.123. The van der Waals surface area contributed by atoms with Crippen LogP contribution in [0.1, 0.15) is 30.9 Å². The number of hydrogen-bond acceptors (Lipinski definition) is 3. The van der Waals surface area contributed by atoms with E-state index in [4.69, 9.17) is 28.9 Å².